The molecule has 0 aliphatic rings. The molecule has 0 aliphatic heterocycles. The molecule has 128 valence electrons. The fraction of sp³-hybridized carbons (Fsp3) is 0.167. The van der Waals surface area contributed by atoms with E-state index < -0.39 is 17.6 Å². The zero-order valence-electron chi connectivity index (χ0n) is 13.7. The highest BCUT2D eigenvalue weighted by molar-refractivity contribution is 5.89. The van der Waals surface area contributed by atoms with E-state index >= 15 is 0 Å². The molecular formula is C18H15F2N3O2. The van der Waals surface area contributed by atoms with Crippen LogP contribution in [-0.2, 0) is 4.74 Å². The predicted octanol–water partition coefficient (Wildman–Crippen LogP) is 3.70. The first-order chi connectivity index (χ1) is 12.0. The van der Waals surface area contributed by atoms with Gasteiger partial charge in [-0.05, 0) is 32.0 Å². The van der Waals surface area contributed by atoms with Crippen molar-refractivity contribution in [2.75, 3.05) is 6.61 Å². The van der Waals surface area contributed by atoms with Crippen LogP contribution in [0.1, 0.15) is 23.0 Å². The lowest BCUT2D eigenvalue weighted by molar-refractivity contribution is 0.0519. The summed E-state index contributed by atoms with van der Waals surface area (Å²) in [5, 5.41) is 4.17. The first-order valence-electron chi connectivity index (χ1n) is 7.65. The Morgan fingerprint density at radius 1 is 1.24 bits per heavy atom. The average molecular weight is 343 g/mol. The van der Waals surface area contributed by atoms with Crippen LogP contribution in [0.4, 0.5) is 8.78 Å². The highest BCUT2D eigenvalue weighted by Gasteiger charge is 2.19. The van der Waals surface area contributed by atoms with Crippen molar-refractivity contribution in [3.05, 3.63) is 65.6 Å². The third kappa shape index (κ3) is 3.26. The van der Waals surface area contributed by atoms with E-state index in [9.17, 15) is 13.6 Å². The van der Waals surface area contributed by atoms with Crippen LogP contribution in [0.15, 0.2) is 42.7 Å². The summed E-state index contributed by atoms with van der Waals surface area (Å²) in [6.45, 7) is 3.23. The van der Waals surface area contributed by atoms with Crippen LogP contribution < -0.4 is 0 Å². The van der Waals surface area contributed by atoms with Crippen molar-refractivity contribution < 1.29 is 18.3 Å². The van der Waals surface area contributed by atoms with Crippen molar-refractivity contribution in [1.82, 2.24) is 14.8 Å². The standard InChI is InChI=1S/C18H15F2N3O2/c1-3-25-18(24)16-9-17(12-5-4-6-21-10-12)23(22-16)13-7-14(19)11(2)15(20)8-13/h4-10H,3H2,1-2H3. The number of pyridine rings is 1. The molecular weight excluding hydrogens is 328 g/mol. The quantitative estimate of drug-likeness (QED) is 0.678. The number of hydrogen-bond acceptors (Lipinski definition) is 4. The molecule has 2 aromatic heterocycles. The molecule has 0 amide bonds. The van der Waals surface area contributed by atoms with Gasteiger partial charge in [0.05, 0.1) is 18.0 Å². The largest absolute Gasteiger partial charge is 0.461 e. The number of aromatic nitrogens is 3. The van der Waals surface area contributed by atoms with Crippen molar-refractivity contribution in [2.24, 2.45) is 0 Å². The molecule has 0 saturated carbocycles. The monoisotopic (exact) mass is 343 g/mol. The summed E-state index contributed by atoms with van der Waals surface area (Å²) < 4.78 is 34.2. The Kier molecular flexibility index (Phi) is 4.56. The zero-order chi connectivity index (χ0) is 18.0. The lowest BCUT2D eigenvalue weighted by Gasteiger charge is -2.09. The first-order valence-corrected chi connectivity index (χ1v) is 7.65. The minimum Gasteiger partial charge on any atom is -0.461 e. The van der Waals surface area contributed by atoms with E-state index in [-0.39, 0.29) is 23.6 Å². The topological polar surface area (TPSA) is 57.0 Å². The lowest BCUT2D eigenvalue weighted by Crippen LogP contribution is -2.07. The summed E-state index contributed by atoms with van der Waals surface area (Å²) in [5.41, 5.74) is 1.24. The van der Waals surface area contributed by atoms with Gasteiger partial charge in [-0.15, -0.1) is 0 Å². The lowest BCUT2D eigenvalue weighted by atomic mass is 10.1. The maximum Gasteiger partial charge on any atom is 0.358 e. The Bertz CT molecular complexity index is 900. The van der Waals surface area contributed by atoms with Gasteiger partial charge in [0.2, 0.25) is 0 Å². The van der Waals surface area contributed by atoms with E-state index in [0.717, 1.165) is 0 Å². The third-order valence-electron chi connectivity index (χ3n) is 3.66. The molecule has 0 N–H and O–H groups in total. The van der Waals surface area contributed by atoms with Crippen molar-refractivity contribution in [2.45, 2.75) is 13.8 Å². The van der Waals surface area contributed by atoms with Gasteiger partial charge < -0.3 is 4.74 Å². The maximum absolute atomic E-state index is 14.0. The average Bonchev–Trinajstić information content (AvgIpc) is 3.06. The highest BCUT2D eigenvalue weighted by Crippen LogP contribution is 2.25. The number of nitrogens with zero attached hydrogens (tertiary/aromatic N) is 3. The molecule has 0 unspecified atom stereocenters. The van der Waals surface area contributed by atoms with Gasteiger partial charge >= 0.3 is 5.97 Å². The number of benzene rings is 1. The minimum atomic E-state index is -0.694. The van der Waals surface area contributed by atoms with Crippen LogP contribution in [-0.4, -0.2) is 27.3 Å². The van der Waals surface area contributed by atoms with Crippen molar-refractivity contribution in [3.8, 4) is 16.9 Å². The Morgan fingerprint density at radius 3 is 2.56 bits per heavy atom. The summed E-state index contributed by atoms with van der Waals surface area (Å²) in [6, 6.07) is 7.31. The molecule has 0 spiro atoms. The van der Waals surface area contributed by atoms with E-state index in [1.165, 1.54) is 29.8 Å². The summed E-state index contributed by atoms with van der Waals surface area (Å²) in [7, 11) is 0. The predicted molar refractivity (Wildman–Crippen MR) is 87.4 cm³/mol. The first kappa shape index (κ1) is 16.8. The fourth-order valence-corrected chi connectivity index (χ4v) is 2.36. The molecule has 0 saturated heterocycles. The van der Waals surface area contributed by atoms with Crippen molar-refractivity contribution in [1.29, 1.82) is 0 Å². The van der Waals surface area contributed by atoms with Crippen LogP contribution >= 0.6 is 0 Å². The molecule has 0 radical (unpaired) electrons. The SMILES string of the molecule is CCOC(=O)c1cc(-c2cccnc2)n(-c2cc(F)c(C)c(F)c2)n1. The van der Waals surface area contributed by atoms with Crippen LogP contribution in [0.5, 0.6) is 0 Å². The molecule has 25 heavy (non-hydrogen) atoms. The number of hydrogen-bond donors (Lipinski definition) is 0. The molecule has 5 nitrogen and oxygen atoms in total. The van der Waals surface area contributed by atoms with Gasteiger partial charge in [-0.2, -0.15) is 5.10 Å². The Labute approximate surface area is 142 Å². The Morgan fingerprint density at radius 2 is 1.96 bits per heavy atom. The molecule has 0 fully saturated rings. The second kappa shape index (κ2) is 6.80. The van der Waals surface area contributed by atoms with Gasteiger partial charge in [-0.1, -0.05) is 0 Å². The van der Waals surface area contributed by atoms with Gasteiger partial charge in [0.25, 0.3) is 0 Å². The number of halogens is 2. The van der Waals surface area contributed by atoms with E-state index in [1.807, 2.05) is 0 Å². The van der Waals surface area contributed by atoms with Gasteiger partial charge in [0.15, 0.2) is 5.69 Å². The van der Waals surface area contributed by atoms with E-state index in [0.29, 0.717) is 11.3 Å². The van der Waals surface area contributed by atoms with E-state index in [2.05, 4.69) is 10.1 Å². The highest BCUT2D eigenvalue weighted by atomic mass is 19.1. The number of carbonyl (C=O) groups is 1. The normalized spacial score (nSPS) is 10.7. The van der Waals surface area contributed by atoms with Gasteiger partial charge in [-0.3, -0.25) is 4.98 Å². The number of rotatable bonds is 4. The maximum atomic E-state index is 14.0. The Balaban J connectivity index is 2.19. The molecule has 2 heterocycles. The second-order valence-electron chi connectivity index (χ2n) is 5.32. The third-order valence-corrected chi connectivity index (χ3v) is 3.66. The minimum absolute atomic E-state index is 0.0436. The molecule has 0 aliphatic carbocycles. The molecule has 7 heteroatoms. The van der Waals surface area contributed by atoms with Crippen LogP contribution in [0, 0.1) is 18.6 Å². The van der Waals surface area contributed by atoms with E-state index in [4.69, 9.17) is 4.74 Å². The molecule has 3 aromatic rings. The van der Waals surface area contributed by atoms with Crippen LogP contribution in [0.2, 0.25) is 0 Å². The molecule has 0 bridgehead atoms. The summed E-state index contributed by atoms with van der Waals surface area (Å²) in [4.78, 5) is 16.0. The van der Waals surface area contributed by atoms with Crippen molar-refractivity contribution >= 4 is 5.97 Å². The summed E-state index contributed by atoms with van der Waals surface area (Å²) in [5.74, 6) is -2.00. The van der Waals surface area contributed by atoms with Crippen LogP contribution in [0.3, 0.4) is 0 Å². The van der Waals surface area contributed by atoms with Crippen LogP contribution in [0.25, 0.3) is 16.9 Å². The zero-order valence-corrected chi connectivity index (χ0v) is 13.7. The van der Waals surface area contributed by atoms with Crippen molar-refractivity contribution in [3.63, 3.8) is 0 Å². The van der Waals surface area contributed by atoms with Gasteiger partial charge in [0, 0.05) is 35.7 Å². The molecule has 0 atom stereocenters. The number of carbonyl (C=O) groups excluding carboxylic acids is 1. The van der Waals surface area contributed by atoms with Gasteiger partial charge in [0.1, 0.15) is 11.6 Å². The summed E-state index contributed by atoms with van der Waals surface area (Å²) in [6.07, 6.45) is 3.17. The summed E-state index contributed by atoms with van der Waals surface area (Å²) >= 11 is 0. The molecule has 3 rings (SSSR count). The number of esters is 1. The second-order valence-corrected chi connectivity index (χ2v) is 5.32. The fourth-order valence-electron chi connectivity index (χ4n) is 2.36. The van der Waals surface area contributed by atoms with E-state index in [1.54, 1.807) is 31.5 Å². The molecule has 1 aromatic carbocycles. The van der Waals surface area contributed by atoms with Gasteiger partial charge in [-0.25, -0.2) is 18.3 Å². The smallest absolute Gasteiger partial charge is 0.358 e. The Hall–Kier alpha value is -3.09. The number of ether oxygens (including phenoxy) is 1.